The summed E-state index contributed by atoms with van der Waals surface area (Å²) in [6.07, 6.45) is 2.33. The van der Waals surface area contributed by atoms with Crippen LogP contribution in [0.5, 0.6) is 0 Å². The number of piperidine rings is 1. The third-order valence-corrected chi connectivity index (χ3v) is 5.13. The van der Waals surface area contributed by atoms with Crippen molar-refractivity contribution in [2.24, 2.45) is 0 Å². The molecule has 2 saturated heterocycles. The van der Waals surface area contributed by atoms with Gasteiger partial charge in [-0.2, -0.15) is 0 Å². The normalized spacial score (nSPS) is 18.7. The maximum Gasteiger partial charge on any atom is 0.274 e. The summed E-state index contributed by atoms with van der Waals surface area (Å²) in [6.45, 7) is 5.90. The fourth-order valence-corrected chi connectivity index (χ4v) is 3.52. The third kappa shape index (κ3) is 4.39. The molecule has 0 aromatic carbocycles. The molecule has 0 unspecified atom stereocenters. The molecule has 27 heavy (non-hydrogen) atoms. The predicted octanol–water partition coefficient (Wildman–Crippen LogP) is 1.26. The van der Waals surface area contributed by atoms with Crippen molar-refractivity contribution in [2.45, 2.75) is 51.9 Å². The van der Waals surface area contributed by atoms with E-state index in [4.69, 9.17) is 9.47 Å². The number of rotatable bonds is 5. The van der Waals surface area contributed by atoms with Crippen molar-refractivity contribution in [1.29, 1.82) is 0 Å². The number of nitrogens with zero attached hydrogens (tertiary/aromatic N) is 2. The molecule has 2 amide bonds. The second-order valence-electron chi connectivity index (χ2n) is 7.07. The number of nitrogens with one attached hydrogen (secondary N) is 1. The number of ether oxygens (including phenoxy) is 2. The molecular weight excluding hydrogens is 350 g/mol. The molecule has 0 bridgehead atoms. The minimum Gasteiger partial charge on any atom is -0.347 e. The fraction of sp³-hybridized carbons (Fsp3) is 0.632. The standard InChI is InChI=1S/C19H27N3O5/c1-3-4-16(23)20-15-6-5-14(2)22(18(15)25)13-17(24)21-9-7-19(8-10-21)26-11-12-27-19/h5-6H,3-4,7-13H2,1-2H3,(H,20,23). The van der Waals surface area contributed by atoms with E-state index in [-0.39, 0.29) is 29.6 Å². The van der Waals surface area contributed by atoms with Crippen molar-refractivity contribution in [3.8, 4) is 0 Å². The van der Waals surface area contributed by atoms with Crippen LogP contribution < -0.4 is 10.9 Å². The molecule has 0 radical (unpaired) electrons. The maximum atomic E-state index is 12.7. The van der Waals surface area contributed by atoms with Crippen LogP contribution in [0.1, 0.15) is 38.3 Å². The zero-order valence-electron chi connectivity index (χ0n) is 16.0. The van der Waals surface area contributed by atoms with Gasteiger partial charge in [0, 0.05) is 38.0 Å². The molecule has 1 spiro atoms. The highest BCUT2D eigenvalue weighted by Gasteiger charge is 2.40. The van der Waals surface area contributed by atoms with Gasteiger partial charge in [0.25, 0.3) is 5.56 Å². The molecule has 0 saturated carbocycles. The number of amides is 2. The Bertz CT molecular complexity index is 757. The molecule has 1 aromatic rings. The Kier molecular flexibility index (Phi) is 5.96. The van der Waals surface area contributed by atoms with Crippen LogP contribution in [-0.2, 0) is 25.6 Å². The van der Waals surface area contributed by atoms with Gasteiger partial charge >= 0.3 is 0 Å². The van der Waals surface area contributed by atoms with E-state index in [1.54, 1.807) is 24.0 Å². The minimum absolute atomic E-state index is 0.0448. The Morgan fingerprint density at radius 3 is 2.48 bits per heavy atom. The van der Waals surface area contributed by atoms with Crippen molar-refractivity contribution < 1.29 is 19.1 Å². The minimum atomic E-state index is -0.535. The lowest BCUT2D eigenvalue weighted by atomic mass is 10.0. The monoisotopic (exact) mass is 377 g/mol. The zero-order valence-corrected chi connectivity index (χ0v) is 16.0. The Morgan fingerprint density at radius 1 is 1.19 bits per heavy atom. The summed E-state index contributed by atoms with van der Waals surface area (Å²) in [6, 6.07) is 3.33. The van der Waals surface area contributed by atoms with E-state index in [2.05, 4.69) is 5.32 Å². The van der Waals surface area contributed by atoms with Crippen LogP contribution in [0.3, 0.4) is 0 Å². The van der Waals surface area contributed by atoms with E-state index in [1.165, 1.54) is 4.57 Å². The summed E-state index contributed by atoms with van der Waals surface area (Å²) in [5.41, 5.74) is 0.527. The van der Waals surface area contributed by atoms with E-state index >= 15 is 0 Å². The smallest absolute Gasteiger partial charge is 0.274 e. The molecule has 3 heterocycles. The van der Waals surface area contributed by atoms with Crippen LogP contribution in [0, 0.1) is 6.92 Å². The average Bonchev–Trinajstić information content (AvgIpc) is 3.10. The number of aryl methyl sites for hydroxylation is 1. The lowest BCUT2D eigenvalue weighted by Gasteiger charge is -2.37. The zero-order chi connectivity index (χ0) is 19.4. The first-order valence-corrected chi connectivity index (χ1v) is 9.50. The van der Waals surface area contributed by atoms with Crippen molar-refractivity contribution in [1.82, 2.24) is 9.47 Å². The predicted molar refractivity (Wildman–Crippen MR) is 99.4 cm³/mol. The fourth-order valence-electron chi connectivity index (χ4n) is 3.52. The van der Waals surface area contributed by atoms with Gasteiger partial charge in [0.05, 0.1) is 13.2 Å². The maximum absolute atomic E-state index is 12.7. The van der Waals surface area contributed by atoms with Gasteiger partial charge in [0.2, 0.25) is 11.8 Å². The van der Waals surface area contributed by atoms with Gasteiger partial charge in [-0.1, -0.05) is 6.92 Å². The molecule has 148 valence electrons. The molecule has 8 nitrogen and oxygen atoms in total. The first kappa shape index (κ1) is 19.6. The lowest BCUT2D eigenvalue weighted by Crippen LogP contribution is -2.48. The Labute approximate surface area is 158 Å². The summed E-state index contributed by atoms with van der Waals surface area (Å²) < 4.78 is 12.8. The van der Waals surface area contributed by atoms with E-state index in [0.29, 0.717) is 57.7 Å². The van der Waals surface area contributed by atoms with Crippen LogP contribution in [-0.4, -0.2) is 53.4 Å². The molecule has 2 fully saturated rings. The van der Waals surface area contributed by atoms with Crippen LogP contribution in [0.4, 0.5) is 5.69 Å². The summed E-state index contributed by atoms with van der Waals surface area (Å²) in [5, 5.41) is 2.63. The number of likely N-dealkylation sites (tertiary alicyclic amines) is 1. The highest BCUT2D eigenvalue weighted by Crippen LogP contribution is 2.31. The average molecular weight is 377 g/mol. The third-order valence-electron chi connectivity index (χ3n) is 5.13. The number of anilines is 1. The summed E-state index contributed by atoms with van der Waals surface area (Å²) in [4.78, 5) is 38.9. The van der Waals surface area contributed by atoms with E-state index in [0.717, 1.165) is 0 Å². The molecule has 2 aliphatic heterocycles. The molecule has 0 aliphatic carbocycles. The summed E-state index contributed by atoms with van der Waals surface area (Å²) in [7, 11) is 0. The van der Waals surface area contributed by atoms with Crippen molar-refractivity contribution in [3.05, 3.63) is 28.2 Å². The van der Waals surface area contributed by atoms with Crippen molar-refractivity contribution in [2.75, 3.05) is 31.6 Å². The first-order valence-electron chi connectivity index (χ1n) is 9.50. The molecule has 8 heteroatoms. The topological polar surface area (TPSA) is 89.9 Å². The van der Waals surface area contributed by atoms with E-state index < -0.39 is 5.79 Å². The molecule has 1 N–H and O–H groups in total. The molecule has 2 aliphatic rings. The highest BCUT2D eigenvalue weighted by molar-refractivity contribution is 5.90. The van der Waals surface area contributed by atoms with Gasteiger partial charge in [-0.15, -0.1) is 0 Å². The van der Waals surface area contributed by atoms with Crippen LogP contribution in [0.25, 0.3) is 0 Å². The summed E-state index contributed by atoms with van der Waals surface area (Å²) in [5.74, 6) is -0.855. The SMILES string of the molecule is CCCC(=O)Nc1ccc(C)n(CC(=O)N2CCC3(CC2)OCCO3)c1=O. The van der Waals surface area contributed by atoms with E-state index in [1.807, 2.05) is 6.92 Å². The van der Waals surface area contributed by atoms with Gasteiger partial charge < -0.3 is 24.3 Å². The van der Waals surface area contributed by atoms with Gasteiger partial charge in [0.15, 0.2) is 5.79 Å². The van der Waals surface area contributed by atoms with Gasteiger partial charge in [-0.05, 0) is 25.5 Å². The van der Waals surface area contributed by atoms with Gasteiger partial charge in [-0.3, -0.25) is 14.4 Å². The summed E-state index contributed by atoms with van der Waals surface area (Å²) >= 11 is 0. The molecule has 3 rings (SSSR count). The number of pyridine rings is 1. The molecule has 0 atom stereocenters. The number of aromatic nitrogens is 1. The van der Waals surface area contributed by atoms with Crippen LogP contribution >= 0.6 is 0 Å². The number of hydrogen-bond acceptors (Lipinski definition) is 5. The molecule has 1 aromatic heterocycles. The largest absolute Gasteiger partial charge is 0.347 e. The second-order valence-corrected chi connectivity index (χ2v) is 7.07. The first-order chi connectivity index (χ1) is 12.9. The van der Waals surface area contributed by atoms with Crippen molar-refractivity contribution in [3.63, 3.8) is 0 Å². The second kappa shape index (κ2) is 8.22. The van der Waals surface area contributed by atoms with Gasteiger partial charge in [-0.25, -0.2) is 0 Å². The number of carbonyl (C=O) groups is 2. The number of hydrogen-bond donors (Lipinski definition) is 1. The Hall–Kier alpha value is -2.19. The lowest BCUT2D eigenvalue weighted by molar-refractivity contribution is -0.187. The Balaban J connectivity index is 1.67. The van der Waals surface area contributed by atoms with Crippen molar-refractivity contribution >= 4 is 17.5 Å². The van der Waals surface area contributed by atoms with E-state index in [9.17, 15) is 14.4 Å². The molecular formula is C19H27N3O5. The highest BCUT2D eigenvalue weighted by atomic mass is 16.7. The number of carbonyl (C=O) groups excluding carboxylic acids is 2. The Morgan fingerprint density at radius 2 is 1.85 bits per heavy atom. The quantitative estimate of drug-likeness (QED) is 0.834. The van der Waals surface area contributed by atoms with Crippen LogP contribution in [0.2, 0.25) is 0 Å². The van der Waals surface area contributed by atoms with Crippen LogP contribution in [0.15, 0.2) is 16.9 Å². The van der Waals surface area contributed by atoms with Gasteiger partial charge in [0.1, 0.15) is 12.2 Å².